The second kappa shape index (κ2) is 6.12. The van der Waals surface area contributed by atoms with Gasteiger partial charge in [-0.3, -0.25) is 4.79 Å². The van der Waals surface area contributed by atoms with Crippen LogP contribution >= 0.6 is 23.2 Å². The van der Waals surface area contributed by atoms with Gasteiger partial charge in [0.15, 0.2) is 0 Å². The van der Waals surface area contributed by atoms with E-state index in [0.717, 1.165) is 18.4 Å². The first kappa shape index (κ1) is 14.6. The number of rotatable bonds is 3. The maximum absolute atomic E-state index is 11.7. The van der Waals surface area contributed by atoms with Crippen molar-refractivity contribution in [3.63, 3.8) is 0 Å². The number of carbonyl (C=O) groups is 1. The molecule has 19 heavy (non-hydrogen) atoms. The zero-order chi connectivity index (χ0) is 13.9. The molecule has 1 aliphatic carbocycles. The molecule has 2 N–H and O–H groups in total. The Morgan fingerprint density at radius 2 is 2.16 bits per heavy atom. The molecule has 1 fully saturated rings. The van der Waals surface area contributed by atoms with Gasteiger partial charge in [-0.05, 0) is 24.5 Å². The van der Waals surface area contributed by atoms with Gasteiger partial charge in [-0.15, -0.1) is 11.6 Å². The quantitative estimate of drug-likeness (QED) is 0.844. The molecule has 0 spiro atoms. The summed E-state index contributed by atoms with van der Waals surface area (Å²) in [5, 5.41) is 13.9. The third-order valence-electron chi connectivity index (χ3n) is 3.71. The van der Waals surface area contributed by atoms with Crippen molar-refractivity contribution in [3.8, 4) is 0 Å². The molecule has 2 unspecified atom stereocenters. The standard InChI is InChI=1S/C14H17Cl2NO2/c15-9-13(19)17-14(8-4-3-7-12(14)18)10-5-1-2-6-11(10)16/h1-2,5-6,12,18H,3-4,7-9H2,(H,17,19). The molecule has 0 aromatic heterocycles. The zero-order valence-corrected chi connectivity index (χ0v) is 12.0. The van der Waals surface area contributed by atoms with Crippen molar-refractivity contribution in [3.05, 3.63) is 34.9 Å². The molecular weight excluding hydrogens is 285 g/mol. The Bertz CT molecular complexity index is 467. The first-order valence-corrected chi connectivity index (χ1v) is 7.31. The van der Waals surface area contributed by atoms with E-state index < -0.39 is 11.6 Å². The molecule has 3 nitrogen and oxygen atoms in total. The maximum atomic E-state index is 11.7. The summed E-state index contributed by atoms with van der Waals surface area (Å²) in [7, 11) is 0. The molecule has 1 aromatic carbocycles. The highest BCUT2D eigenvalue weighted by Crippen LogP contribution is 2.40. The van der Waals surface area contributed by atoms with Gasteiger partial charge in [-0.25, -0.2) is 0 Å². The number of hydrogen-bond donors (Lipinski definition) is 2. The molecule has 2 atom stereocenters. The van der Waals surface area contributed by atoms with Crippen LogP contribution < -0.4 is 5.32 Å². The van der Waals surface area contributed by atoms with Crippen molar-refractivity contribution in [2.24, 2.45) is 0 Å². The van der Waals surface area contributed by atoms with E-state index in [1.807, 2.05) is 18.2 Å². The van der Waals surface area contributed by atoms with Crippen LogP contribution in [0.1, 0.15) is 31.2 Å². The Labute approximate surface area is 122 Å². The lowest BCUT2D eigenvalue weighted by atomic mass is 9.74. The van der Waals surface area contributed by atoms with E-state index in [0.29, 0.717) is 17.9 Å². The molecule has 2 rings (SSSR count). The average molecular weight is 302 g/mol. The number of nitrogens with one attached hydrogen (secondary N) is 1. The summed E-state index contributed by atoms with van der Waals surface area (Å²) >= 11 is 11.8. The number of amides is 1. The van der Waals surface area contributed by atoms with Crippen molar-refractivity contribution >= 4 is 29.1 Å². The van der Waals surface area contributed by atoms with Gasteiger partial charge >= 0.3 is 0 Å². The fourth-order valence-corrected chi connectivity index (χ4v) is 3.16. The van der Waals surface area contributed by atoms with E-state index in [-0.39, 0.29) is 11.8 Å². The van der Waals surface area contributed by atoms with E-state index >= 15 is 0 Å². The predicted molar refractivity (Wildman–Crippen MR) is 76.5 cm³/mol. The zero-order valence-electron chi connectivity index (χ0n) is 10.5. The predicted octanol–water partition coefficient (Wildman–Crippen LogP) is 2.83. The molecule has 104 valence electrons. The molecule has 1 aromatic rings. The summed E-state index contributed by atoms with van der Waals surface area (Å²) in [6, 6.07) is 7.31. The van der Waals surface area contributed by atoms with Crippen LogP contribution in [0, 0.1) is 0 Å². The number of carbonyl (C=O) groups excluding carboxylic acids is 1. The third kappa shape index (κ3) is 2.88. The molecule has 0 bridgehead atoms. The van der Waals surface area contributed by atoms with Crippen LogP contribution in [0.4, 0.5) is 0 Å². The highest BCUT2D eigenvalue weighted by atomic mass is 35.5. The van der Waals surface area contributed by atoms with Crippen molar-refractivity contribution < 1.29 is 9.90 Å². The van der Waals surface area contributed by atoms with E-state index in [4.69, 9.17) is 23.2 Å². The smallest absolute Gasteiger partial charge is 0.235 e. The number of aliphatic hydroxyl groups excluding tert-OH is 1. The van der Waals surface area contributed by atoms with Crippen molar-refractivity contribution in [2.75, 3.05) is 5.88 Å². The first-order valence-electron chi connectivity index (χ1n) is 6.40. The van der Waals surface area contributed by atoms with Gasteiger partial charge in [0.05, 0.1) is 11.6 Å². The molecular formula is C14H17Cl2NO2. The Morgan fingerprint density at radius 3 is 2.79 bits per heavy atom. The normalized spacial score (nSPS) is 27.0. The van der Waals surface area contributed by atoms with Gasteiger partial charge < -0.3 is 10.4 Å². The van der Waals surface area contributed by atoms with Crippen LogP contribution in [0.25, 0.3) is 0 Å². The van der Waals surface area contributed by atoms with Crippen molar-refractivity contribution in [1.29, 1.82) is 0 Å². The Balaban J connectivity index is 2.44. The molecule has 0 aliphatic heterocycles. The fraction of sp³-hybridized carbons (Fsp3) is 0.500. The monoisotopic (exact) mass is 301 g/mol. The van der Waals surface area contributed by atoms with E-state index in [2.05, 4.69) is 5.32 Å². The number of benzene rings is 1. The average Bonchev–Trinajstić information content (AvgIpc) is 2.42. The van der Waals surface area contributed by atoms with Gasteiger partial charge in [-0.1, -0.05) is 42.6 Å². The lowest BCUT2D eigenvalue weighted by Crippen LogP contribution is -2.56. The lowest BCUT2D eigenvalue weighted by molar-refractivity contribution is -0.123. The van der Waals surface area contributed by atoms with Gasteiger partial charge in [0.2, 0.25) is 5.91 Å². The largest absolute Gasteiger partial charge is 0.390 e. The summed E-state index contributed by atoms with van der Waals surface area (Å²) in [5.74, 6) is -0.415. The summed E-state index contributed by atoms with van der Waals surface area (Å²) < 4.78 is 0. The van der Waals surface area contributed by atoms with E-state index in [9.17, 15) is 9.90 Å². The molecule has 1 amide bonds. The second-order valence-electron chi connectivity index (χ2n) is 4.89. The van der Waals surface area contributed by atoms with Gasteiger partial charge in [-0.2, -0.15) is 0 Å². The van der Waals surface area contributed by atoms with Gasteiger partial charge in [0.25, 0.3) is 0 Å². The molecule has 0 heterocycles. The minimum absolute atomic E-state index is 0.126. The molecule has 0 saturated heterocycles. The minimum atomic E-state index is -0.817. The van der Waals surface area contributed by atoms with Crippen LogP contribution in [0.5, 0.6) is 0 Å². The minimum Gasteiger partial charge on any atom is -0.390 e. The molecule has 1 aliphatic rings. The highest BCUT2D eigenvalue weighted by molar-refractivity contribution is 6.31. The summed E-state index contributed by atoms with van der Waals surface area (Å²) in [5.41, 5.74) is -0.0508. The topological polar surface area (TPSA) is 49.3 Å². The number of hydrogen-bond acceptors (Lipinski definition) is 2. The number of alkyl halides is 1. The van der Waals surface area contributed by atoms with Crippen LogP contribution in [-0.4, -0.2) is 23.0 Å². The molecule has 1 saturated carbocycles. The summed E-state index contributed by atoms with van der Waals surface area (Å²) in [6.45, 7) is 0. The molecule has 5 heteroatoms. The Kier molecular flexibility index (Phi) is 4.71. The van der Waals surface area contributed by atoms with Crippen LogP contribution in [-0.2, 0) is 10.3 Å². The highest BCUT2D eigenvalue weighted by Gasteiger charge is 2.43. The SMILES string of the molecule is O=C(CCl)NC1(c2ccccc2Cl)CCCCC1O. The van der Waals surface area contributed by atoms with Crippen LogP contribution in [0.3, 0.4) is 0 Å². The summed E-state index contributed by atoms with van der Waals surface area (Å²) in [4.78, 5) is 11.7. The van der Waals surface area contributed by atoms with Crippen molar-refractivity contribution in [1.82, 2.24) is 5.32 Å². The number of aliphatic hydroxyl groups is 1. The van der Waals surface area contributed by atoms with Gasteiger partial charge in [0, 0.05) is 5.02 Å². The Morgan fingerprint density at radius 1 is 1.42 bits per heavy atom. The molecule has 0 radical (unpaired) electrons. The summed E-state index contributed by atoms with van der Waals surface area (Å²) in [6.07, 6.45) is 2.55. The lowest BCUT2D eigenvalue weighted by Gasteiger charge is -2.43. The van der Waals surface area contributed by atoms with Crippen LogP contribution in [0.15, 0.2) is 24.3 Å². The van der Waals surface area contributed by atoms with Gasteiger partial charge in [0.1, 0.15) is 5.88 Å². The van der Waals surface area contributed by atoms with Crippen molar-refractivity contribution in [2.45, 2.75) is 37.3 Å². The second-order valence-corrected chi connectivity index (χ2v) is 5.57. The maximum Gasteiger partial charge on any atom is 0.235 e. The first-order chi connectivity index (χ1) is 9.10. The third-order valence-corrected chi connectivity index (χ3v) is 4.28. The fourth-order valence-electron chi connectivity index (χ4n) is 2.79. The number of halogens is 2. The van der Waals surface area contributed by atoms with Crippen LogP contribution in [0.2, 0.25) is 5.02 Å². The van der Waals surface area contributed by atoms with E-state index in [1.165, 1.54) is 0 Å². The Hall–Kier alpha value is -0.770. The van der Waals surface area contributed by atoms with E-state index in [1.54, 1.807) is 6.07 Å².